The van der Waals surface area contributed by atoms with E-state index < -0.39 is 9.84 Å². The van der Waals surface area contributed by atoms with Crippen LogP contribution in [-0.4, -0.2) is 48.2 Å². The van der Waals surface area contributed by atoms with Crippen LogP contribution in [0.2, 0.25) is 0 Å². The Labute approximate surface area is 198 Å². The van der Waals surface area contributed by atoms with Crippen molar-refractivity contribution in [3.8, 4) is 0 Å². The number of anilines is 1. The molecule has 0 fully saturated rings. The molecule has 0 spiro atoms. The fourth-order valence-electron chi connectivity index (χ4n) is 4.19. The van der Waals surface area contributed by atoms with Crippen molar-refractivity contribution in [3.05, 3.63) is 88.8 Å². The third kappa shape index (κ3) is 4.44. The Morgan fingerprint density at radius 2 is 1.59 bits per heavy atom. The van der Waals surface area contributed by atoms with Crippen molar-refractivity contribution in [2.75, 3.05) is 19.4 Å². The molecule has 0 amide bonds. The second-order valence-electron chi connectivity index (χ2n) is 8.40. The van der Waals surface area contributed by atoms with Gasteiger partial charge in [0.15, 0.2) is 5.82 Å². The summed E-state index contributed by atoms with van der Waals surface area (Å²) in [5.41, 5.74) is 1.25. The van der Waals surface area contributed by atoms with Gasteiger partial charge >= 0.3 is 0 Å². The number of fused-ring (bicyclic) bond motifs is 1. The molecule has 0 radical (unpaired) electrons. The van der Waals surface area contributed by atoms with E-state index in [1.165, 1.54) is 4.68 Å². The fraction of sp³-hybridized carbons (Fsp3) is 0.240. The molecule has 0 aliphatic heterocycles. The second-order valence-corrected chi connectivity index (χ2v) is 10.4. The molecule has 176 valence electrons. The Morgan fingerprint density at radius 1 is 0.941 bits per heavy atom. The number of nitrogens with zero attached hydrogens (tertiary/aromatic N) is 4. The Hall–Kier alpha value is -3.56. The molecule has 0 aliphatic rings. The summed E-state index contributed by atoms with van der Waals surface area (Å²) in [6, 6.07) is 18.6. The number of rotatable bonds is 7. The maximum absolute atomic E-state index is 12.9. The first-order valence-corrected chi connectivity index (χ1v) is 12.3. The molecule has 2 aromatic carbocycles. The minimum Gasteiger partial charge on any atom is -0.362 e. The van der Waals surface area contributed by atoms with E-state index >= 15 is 0 Å². The van der Waals surface area contributed by atoms with Gasteiger partial charge in [0.05, 0.1) is 21.2 Å². The number of hydrogen-bond acceptors (Lipinski definition) is 7. The topological polar surface area (TPSA) is 97.2 Å². The van der Waals surface area contributed by atoms with Crippen LogP contribution in [-0.2, 0) is 16.9 Å². The third-order valence-electron chi connectivity index (χ3n) is 5.79. The monoisotopic (exact) mass is 477 g/mol. The normalized spacial score (nSPS) is 13.7. The van der Waals surface area contributed by atoms with Crippen molar-refractivity contribution in [3.63, 3.8) is 0 Å². The molecule has 4 aromatic rings. The average molecular weight is 478 g/mol. The number of aromatic nitrogens is 3. The largest absolute Gasteiger partial charge is 0.362 e. The molecule has 9 heteroatoms. The average Bonchev–Trinajstić information content (AvgIpc) is 2.83. The van der Waals surface area contributed by atoms with Crippen LogP contribution in [0.1, 0.15) is 18.5 Å². The first-order valence-electron chi connectivity index (χ1n) is 10.8. The highest BCUT2D eigenvalue weighted by molar-refractivity contribution is 7.91. The molecule has 4 rings (SSSR count). The predicted octanol–water partition coefficient (Wildman–Crippen LogP) is 3.26. The first-order chi connectivity index (χ1) is 16.2. The van der Waals surface area contributed by atoms with Gasteiger partial charge in [-0.15, -0.1) is 0 Å². The molecular formula is C25H27N5O3S. The smallest absolute Gasteiger partial charge is 0.276 e. The molecule has 2 aromatic heterocycles. The second kappa shape index (κ2) is 9.36. The van der Waals surface area contributed by atoms with Crippen LogP contribution in [0.4, 0.5) is 5.82 Å². The van der Waals surface area contributed by atoms with Gasteiger partial charge in [-0.2, -0.15) is 5.10 Å². The van der Waals surface area contributed by atoms with Gasteiger partial charge in [-0.3, -0.25) is 9.78 Å². The molecule has 0 bridgehead atoms. The highest BCUT2D eigenvalue weighted by Gasteiger charge is 2.25. The summed E-state index contributed by atoms with van der Waals surface area (Å²) in [5, 5.41) is 8.29. The molecule has 8 nitrogen and oxygen atoms in total. The lowest BCUT2D eigenvalue weighted by molar-refractivity contribution is 0.275. The number of sulfone groups is 1. The van der Waals surface area contributed by atoms with Gasteiger partial charge in [0.25, 0.3) is 5.56 Å². The lowest BCUT2D eigenvalue weighted by atomic mass is 9.99. The maximum Gasteiger partial charge on any atom is 0.276 e. The van der Waals surface area contributed by atoms with Crippen molar-refractivity contribution in [1.29, 1.82) is 0 Å². The van der Waals surface area contributed by atoms with Gasteiger partial charge in [-0.1, -0.05) is 30.3 Å². The summed E-state index contributed by atoms with van der Waals surface area (Å²) in [4.78, 5) is 19.3. The van der Waals surface area contributed by atoms with E-state index in [1.54, 1.807) is 67.8 Å². The predicted molar refractivity (Wildman–Crippen MR) is 133 cm³/mol. The Bertz CT molecular complexity index is 1470. The molecule has 2 atom stereocenters. The van der Waals surface area contributed by atoms with Gasteiger partial charge in [0.1, 0.15) is 5.52 Å². The lowest BCUT2D eigenvalue weighted by Gasteiger charge is -2.31. The fourth-order valence-corrected chi connectivity index (χ4v) is 5.47. The summed E-state index contributed by atoms with van der Waals surface area (Å²) >= 11 is 0. The molecule has 1 N–H and O–H groups in total. The van der Waals surface area contributed by atoms with Crippen LogP contribution in [0.25, 0.3) is 10.9 Å². The van der Waals surface area contributed by atoms with Crippen LogP contribution in [0, 0.1) is 0 Å². The highest BCUT2D eigenvalue weighted by atomic mass is 32.2. The Kier molecular flexibility index (Phi) is 6.49. The van der Waals surface area contributed by atoms with Crippen LogP contribution >= 0.6 is 0 Å². The number of aryl methyl sites for hydroxylation is 1. The van der Waals surface area contributed by atoms with E-state index in [9.17, 15) is 13.2 Å². The zero-order chi connectivity index (χ0) is 24.5. The van der Waals surface area contributed by atoms with E-state index in [2.05, 4.69) is 20.3 Å². The van der Waals surface area contributed by atoms with Crippen molar-refractivity contribution in [2.24, 2.45) is 7.05 Å². The molecular weight excluding hydrogens is 450 g/mol. The summed E-state index contributed by atoms with van der Waals surface area (Å²) in [5.74, 6) is 0.514. The number of pyridine rings is 1. The van der Waals surface area contributed by atoms with Crippen molar-refractivity contribution in [1.82, 2.24) is 19.7 Å². The van der Waals surface area contributed by atoms with Crippen molar-refractivity contribution < 1.29 is 8.42 Å². The standard InChI is InChI=1S/C25H27N5O3S/c1-17(27-24-22-21(11-8-16-26-22)25(31)30(4)28-24)23(29(2)3)18-12-14-20(15-13-18)34(32,33)19-9-6-5-7-10-19/h5-17,23H,1-4H3,(H,27,28)/t17-,23+/m1/s1. The van der Waals surface area contributed by atoms with Crippen LogP contribution in [0.3, 0.4) is 0 Å². The molecule has 0 saturated heterocycles. The minimum atomic E-state index is -3.58. The zero-order valence-electron chi connectivity index (χ0n) is 19.5. The van der Waals surface area contributed by atoms with E-state index in [0.29, 0.717) is 16.7 Å². The number of hydrogen-bond donors (Lipinski definition) is 1. The third-order valence-corrected chi connectivity index (χ3v) is 7.57. The molecule has 0 unspecified atom stereocenters. The summed E-state index contributed by atoms with van der Waals surface area (Å²) in [7, 11) is 1.95. The van der Waals surface area contributed by atoms with Gasteiger partial charge in [-0.25, -0.2) is 13.1 Å². The number of likely N-dealkylation sites (N-methyl/N-ethyl adjacent to an activating group) is 1. The maximum atomic E-state index is 12.9. The Morgan fingerprint density at radius 3 is 2.24 bits per heavy atom. The van der Waals surface area contributed by atoms with E-state index in [1.807, 2.05) is 33.2 Å². The summed E-state index contributed by atoms with van der Waals surface area (Å²) in [6.45, 7) is 2.01. The molecule has 0 saturated carbocycles. The highest BCUT2D eigenvalue weighted by Crippen LogP contribution is 2.28. The summed E-state index contributed by atoms with van der Waals surface area (Å²) in [6.07, 6.45) is 1.63. The number of benzene rings is 2. The lowest BCUT2D eigenvalue weighted by Crippen LogP contribution is -2.35. The van der Waals surface area contributed by atoms with Crippen molar-refractivity contribution >= 4 is 26.6 Å². The van der Waals surface area contributed by atoms with Crippen LogP contribution in [0.5, 0.6) is 0 Å². The van der Waals surface area contributed by atoms with E-state index in [-0.39, 0.29) is 27.4 Å². The SMILES string of the molecule is C[C@@H](Nc1nn(C)c(=O)c2cccnc12)[C@@H](c1ccc(S(=O)(=O)c2ccccc2)cc1)N(C)C. The number of nitrogens with one attached hydrogen (secondary N) is 1. The first kappa shape index (κ1) is 23.6. The van der Waals surface area contributed by atoms with Gasteiger partial charge in [0.2, 0.25) is 9.84 Å². The molecule has 2 heterocycles. The zero-order valence-corrected chi connectivity index (χ0v) is 20.3. The Balaban J connectivity index is 1.65. The van der Waals surface area contributed by atoms with E-state index in [4.69, 9.17) is 0 Å². The summed E-state index contributed by atoms with van der Waals surface area (Å²) < 4.78 is 27.2. The minimum absolute atomic E-state index is 0.105. The van der Waals surface area contributed by atoms with Gasteiger partial charge < -0.3 is 10.2 Å². The van der Waals surface area contributed by atoms with Crippen LogP contribution < -0.4 is 10.9 Å². The quantitative estimate of drug-likeness (QED) is 0.436. The van der Waals surface area contributed by atoms with Gasteiger partial charge in [-0.05, 0) is 63.0 Å². The van der Waals surface area contributed by atoms with Crippen molar-refractivity contribution in [2.45, 2.75) is 28.8 Å². The molecule has 0 aliphatic carbocycles. The molecule has 34 heavy (non-hydrogen) atoms. The van der Waals surface area contributed by atoms with E-state index in [0.717, 1.165) is 5.56 Å². The van der Waals surface area contributed by atoms with Crippen LogP contribution in [0.15, 0.2) is 87.5 Å². The van der Waals surface area contributed by atoms with Gasteiger partial charge in [0, 0.05) is 19.3 Å².